The maximum atomic E-state index is 11.3. The Morgan fingerprint density at radius 3 is 2.47 bits per heavy atom. The highest BCUT2D eigenvalue weighted by Crippen LogP contribution is 1.98. The molecular formula is C13H25NO3. The summed E-state index contributed by atoms with van der Waals surface area (Å²) >= 11 is 0. The molecule has 0 bridgehead atoms. The minimum absolute atomic E-state index is 0.00521. The van der Waals surface area contributed by atoms with Crippen LogP contribution in [0, 0.1) is 5.92 Å². The van der Waals surface area contributed by atoms with E-state index in [1.165, 1.54) is 0 Å². The van der Waals surface area contributed by atoms with Crippen LogP contribution in [0.1, 0.15) is 46.5 Å². The van der Waals surface area contributed by atoms with Crippen molar-refractivity contribution in [1.29, 1.82) is 0 Å². The van der Waals surface area contributed by atoms with Crippen LogP contribution in [0.5, 0.6) is 0 Å². The lowest BCUT2D eigenvalue weighted by Crippen LogP contribution is -2.30. The molecule has 0 aromatic carbocycles. The Morgan fingerprint density at radius 2 is 1.88 bits per heavy atom. The van der Waals surface area contributed by atoms with Crippen molar-refractivity contribution < 1.29 is 14.3 Å². The SMILES string of the molecule is CCCCC(=O)CCOCCNC(=O)C(C)C. The molecule has 0 fully saturated rings. The molecule has 0 unspecified atom stereocenters. The molecule has 1 N–H and O–H groups in total. The second-order valence-corrected chi connectivity index (χ2v) is 4.45. The number of carbonyl (C=O) groups is 2. The monoisotopic (exact) mass is 243 g/mol. The molecule has 0 heterocycles. The lowest BCUT2D eigenvalue weighted by molar-refractivity contribution is -0.124. The van der Waals surface area contributed by atoms with Gasteiger partial charge in [-0.3, -0.25) is 9.59 Å². The second kappa shape index (κ2) is 10.3. The van der Waals surface area contributed by atoms with Crippen LogP contribution in [0.2, 0.25) is 0 Å². The maximum absolute atomic E-state index is 11.3. The molecule has 0 rings (SSSR count). The zero-order valence-corrected chi connectivity index (χ0v) is 11.3. The van der Waals surface area contributed by atoms with Gasteiger partial charge >= 0.3 is 0 Å². The van der Waals surface area contributed by atoms with Gasteiger partial charge in [-0.1, -0.05) is 27.2 Å². The Morgan fingerprint density at radius 1 is 1.18 bits per heavy atom. The van der Waals surface area contributed by atoms with Gasteiger partial charge in [-0.25, -0.2) is 0 Å². The summed E-state index contributed by atoms with van der Waals surface area (Å²) in [5.74, 6) is 0.302. The van der Waals surface area contributed by atoms with E-state index in [0.717, 1.165) is 12.8 Å². The molecule has 0 spiro atoms. The van der Waals surface area contributed by atoms with Gasteiger partial charge in [-0.15, -0.1) is 0 Å². The summed E-state index contributed by atoms with van der Waals surface area (Å²) in [6.45, 7) is 7.21. The molecule has 4 nitrogen and oxygen atoms in total. The van der Waals surface area contributed by atoms with Crippen LogP contribution < -0.4 is 5.32 Å². The zero-order valence-electron chi connectivity index (χ0n) is 11.3. The zero-order chi connectivity index (χ0) is 13.1. The molecule has 0 atom stereocenters. The first-order valence-corrected chi connectivity index (χ1v) is 6.45. The Labute approximate surface area is 104 Å². The predicted octanol–water partition coefficient (Wildman–Crippen LogP) is 1.92. The summed E-state index contributed by atoms with van der Waals surface area (Å²) in [7, 11) is 0. The van der Waals surface area contributed by atoms with Gasteiger partial charge in [0, 0.05) is 25.3 Å². The van der Waals surface area contributed by atoms with Gasteiger partial charge in [0.2, 0.25) is 5.91 Å². The lowest BCUT2D eigenvalue weighted by Gasteiger charge is -2.07. The Balaban J connectivity index is 3.29. The van der Waals surface area contributed by atoms with Crippen molar-refractivity contribution in [3.63, 3.8) is 0 Å². The number of nitrogens with one attached hydrogen (secondary N) is 1. The second-order valence-electron chi connectivity index (χ2n) is 4.45. The highest BCUT2D eigenvalue weighted by atomic mass is 16.5. The van der Waals surface area contributed by atoms with Gasteiger partial charge in [0.05, 0.1) is 13.2 Å². The van der Waals surface area contributed by atoms with E-state index in [9.17, 15) is 9.59 Å². The summed E-state index contributed by atoms with van der Waals surface area (Å²) in [5.41, 5.74) is 0. The van der Waals surface area contributed by atoms with Crippen molar-refractivity contribution in [2.24, 2.45) is 5.92 Å². The predicted molar refractivity (Wildman–Crippen MR) is 67.8 cm³/mol. The van der Waals surface area contributed by atoms with E-state index in [1.807, 2.05) is 13.8 Å². The van der Waals surface area contributed by atoms with Crippen molar-refractivity contribution in [3.05, 3.63) is 0 Å². The van der Waals surface area contributed by atoms with Crippen LogP contribution in [-0.4, -0.2) is 31.4 Å². The van der Waals surface area contributed by atoms with E-state index in [-0.39, 0.29) is 17.6 Å². The molecule has 0 aromatic heterocycles. The Kier molecular flexibility index (Phi) is 9.72. The largest absolute Gasteiger partial charge is 0.379 e. The molecule has 0 aliphatic heterocycles. The highest BCUT2D eigenvalue weighted by molar-refractivity contribution is 5.78. The molecular weight excluding hydrogens is 218 g/mol. The van der Waals surface area contributed by atoms with E-state index >= 15 is 0 Å². The third-order valence-electron chi connectivity index (χ3n) is 2.40. The molecule has 0 aromatic rings. The summed E-state index contributed by atoms with van der Waals surface area (Å²) in [6, 6.07) is 0. The first kappa shape index (κ1) is 16.1. The van der Waals surface area contributed by atoms with E-state index < -0.39 is 0 Å². The fourth-order valence-corrected chi connectivity index (χ4v) is 1.24. The van der Waals surface area contributed by atoms with Gasteiger partial charge in [-0.2, -0.15) is 0 Å². The van der Waals surface area contributed by atoms with Crippen molar-refractivity contribution in [2.45, 2.75) is 46.5 Å². The number of amides is 1. The normalized spacial score (nSPS) is 10.6. The summed E-state index contributed by atoms with van der Waals surface area (Å²) in [5, 5.41) is 2.76. The van der Waals surface area contributed by atoms with Crippen LogP contribution in [0.15, 0.2) is 0 Å². The summed E-state index contributed by atoms with van der Waals surface area (Å²) in [4.78, 5) is 22.5. The minimum Gasteiger partial charge on any atom is -0.379 e. The van der Waals surface area contributed by atoms with Gasteiger partial charge in [0.15, 0.2) is 0 Å². The van der Waals surface area contributed by atoms with Gasteiger partial charge in [0.1, 0.15) is 5.78 Å². The summed E-state index contributed by atoms with van der Waals surface area (Å²) < 4.78 is 5.28. The number of unbranched alkanes of at least 4 members (excludes halogenated alkanes) is 1. The molecule has 0 radical (unpaired) electrons. The van der Waals surface area contributed by atoms with Crippen molar-refractivity contribution >= 4 is 11.7 Å². The average Bonchev–Trinajstić information content (AvgIpc) is 2.30. The first-order valence-electron chi connectivity index (χ1n) is 6.45. The van der Waals surface area contributed by atoms with Crippen molar-refractivity contribution in [2.75, 3.05) is 19.8 Å². The topological polar surface area (TPSA) is 55.4 Å². The molecule has 1 amide bonds. The van der Waals surface area contributed by atoms with E-state index in [0.29, 0.717) is 32.6 Å². The van der Waals surface area contributed by atoms with Crippen LogP contribution in [0.3, 0.4) is 0 Å². The van der Waals surface area contributed by atoms with Crippen molar-refractivity contribution in [3.8, 4) is 0 Å². The number of Topliss-reactive ketones (excluding diaryl/α,β-unsaturated/α-hetero) is 1. The molecule has 0 aliphatic rings. The fraction of sp³-hybridized carbons (Fsp3) is 0.846. The van der Waals surface area contributed by atoms with E-state index in [4.69, 9.17) is 4.74 Å². The smallest absolute Gasteiger partial charge is 0.222 e. The van der Waals surface area contributed by atoms with Gasteiger partial charge < -0.3 is 10.1 Å². The fourth-order valence-electron chi connectivity index (χ4n) is 1.24. The van der Waals surface area contributed by atoms with Gasteiger partial charge in [0.25, 0.3) is 0 Å². The molecule has 4 heteroatoms. The van der Waals surface area contributed by atoms with Crippen LogP contribution in [-0.2, 0) is 14.3 Å². The average molecular weight is 243 g/mol. The number of ether oxygens (including phenoxy) is 1. The molecule has 17 heavy (non-hydrogen) atoms. The van der Waals surface area contributed by atoms with Crippen molar-refractivity contribution in [1.82, 2.24) is 5.32 Å². The molecule has 0 aliphatic carbocycles. The minimum atomic E-state index is 0.00521. The van der Waals surface area contributed by atoms with E-state index in [2.05, 4.69) is 12.2 Å². The standard InChI is InChI=1S/C13H25NO3/c1-4-5-6-12(15)7-9-17-10-8-14-13(16)11(2)3/h11H,4-10H2,1-3H3,(H,14,16). The Bertz CT molecular complexity index is 227. The molecule has 0 saturated carbocycles. The highest BCUT2D eigenvalue weighted by Gasteiger charge is 2.05. The molecule has 100 valence electrons. The van der Waals surface area contributed by atoms with Crippen LogP contribution in [0.4, 0.5) is 0 Å². The number of hydrogen-bond acceptors (Lipinski definition) is 3. The number of ketones is 1. The number of rotatable bonds is 10. The third kappa shape index (κ3) is 10.00. The van der Waals surface area contributed by atoms with Gasteiger partial charge in [-0.05, 0) is 6.42 Å². The third-order valence-corrected chi connectivity index (χ3v) is 2.40. The summed E-state index contributed by atoms with van der Waals surface area (Å²) in [6.07, 6.45) is 3.15. The quantitative estimate of drug-likeness (QED) is 0.596. The first-order chi connectivity index (χ1) is 8.07. The number of carbonyl (C=O) groups excluding carboxylic acids is 2. The maximum Gasteiger partial charge on any atom is 0.222 e. The number of hydrogen-bond donors (Lipinski definition) is 1. The van der Waals surface area contributed by atoms with Crippen LogP contribution >= 0.6 is 0 Å². The molecule has 0 saturated heterocycles. The lowest BCUT2D eigenvalue weighted by atomic mass is 10.1. The Hall–Kier alpha value is -0.900. The van der Waals surface area contributed by atoms with E-state index in [1.54, 1.807) is 0 Å². The van der Waals surface area contributed by atoms with Crippen LogP contribution in [0.25, 0.3) is 0 Å².